The van der Waals surface area contributed by atoms with E-state index in [0.29, 0.717) is 12.5 Å². The summed E-state index contributed by atoms with van der Waals surface area (Å²) >= 11 is 0. The molecule has 4 rings (SSSR count). The molecule has 2 fully saturated rings. The summed E-state index contributed by atoms with van der Waals surface area (Å²) in [5.74, 6) is 0.813. The predicted molar refractivity (Wildman–Crippen MR) is 92.8 cm³/mol. The van der Waals surface area contributed by atoms with Crippen molar-refractivity contribution in [2.75, 3.05) is 32.8 Å². The number of oxazole rings is 1. The third-order valence-electron chi connectivity index (χ3n) is 4.85. The van der Waals surface area contributed by atoms with Gasteiger partial charge in [-0.15, -0.1) is 0 Å². The van der Waals surface area contributed by atoms with Gasteiger partial charge in [0, 0.05) is 44.9 Å². The molecule has 0 spiro atoms. The molecule has 0 N–H and O–H groups in total. The van der Waals surface area contributed by atoms with Crippen LogP contribution >= 0.6 is 0 Å². The minimum atomic E-state index is -0.212. The first-order chi connectivity index (χ1) is 12.3. The lowest BCUT2D eigenvalue weighted by molar-refractivity contribution is -0.142. The first-order valence-corrected chi connectivity index (χ1v) is 8.92. The molecule has 1 aromatic heterocycles. The van der Waals surface area contributed by atoms with Gasteiger partial charge < -0.3 is 14.1 Å². The van der Waals surface area contributed by atoms with E-state index in [2.05, 4.69) is 9.88 Å². The Morgan fingerprint density at radius 3 is 2.68 bits per heavy atom. The summed E-state index contributed by atoms with van der Waals surface area (Å²) < 4.78 is 11.1. The molecule has 132 valence electrons. The normalized spacial score (nSPS) is 21.6. The van der Waals surface area contributed by atoms with Crippen LogP contribution in [0.15, 0.2) is 41.0 Å². The highest BCUT2D eigenvalue weighted by Gasteiger charge is 2.30. The summed E-state index contributed by atoms with van der Waals surface area (Å²) in [6.45, 7) is 4.67. The third kappa shape index (κ3) is 3.75. The number of carbonyl (C=O) groups excluding carboxylic acids is 1. The van der Waals surface area contributed by atoms with E-state index < -0.39 is 0 Å². The van der Waals surface area contributed by atoms with E-state index in [1.165, 1.54) is 0 Å². The molecule has 2 saturated heterocycles. The van der Waals surface area contributed by atoms with Crippen molar-refractivity contribution in [1.29, 1.82) is 0 Å². The van der Waals surface area contributed by atoms with Crippen molar-refractivity contribution in [3.63, 3.8) is 0 Å². The molecule has 6 heteroatoms. The van der Waals surface area contributed by atoms with Crippen molar-refractivity contribution in [1.82, 2.24) is 14.8 Å². The summed E-state index contributed by atoms with van der Waals surface area (Å²) in [6, 6.07) is 9.91. The summed E-state index contributed by atoms with van der Waals surface area (Å²) in [5, 5.41) is 0. The van der Waals surface area contributed by atoms with E-state index in [4.69, 9.17) is 9.15 Å². The molecule has 1 atom stereocenters. The van der Waals surface area contributed by atoms with Crippen LogP contribution in [-0.4, -0.2) is 59.6 Å². The number of rotatable bonds is 4. The van der Waals surface area contributed by atoms with Crippen LogP contribution < -0.4 is 0 Å². The van der Waals surface area contributed by atoms with Gasteiger partial charge in [-0.05, 0) is 25.0 Å². The first kappa shape index (κ1) is 16.3. The highest BCUT2D eigenvalue weighted by molar-refractivity contribution is 5.81. The molecule has 0 saturated carbocycles. The first-order valence-electron chi connectivity index (χ1n) is 8.92. The van der Waals surface area contributed by atoms with Crippen molar-refractivity contribution in [2.24, 2.45) is 0 Å². The van der Waals surface area contributed by atoms with Crippen LogP contribution in [0.2, 0.25) is 0 Å². The molecule has 0 bridgehead atoms. The van der Waals surface area contributed by atoms with Crippen molar-refractivity contribution < 1.29 is 13.9 Å². The zero-order valence-corrected chi connectivity index (χ0v) is 14.3. The largest absolute Gasteiger partial charge is 0.444 e. The maximum absolute atomic E-state index is 12.4. The van der Waals surface area contributed by atoms with Crippen LogP contribution in [0.1, 0.15) is 18.5 Å². The molecule has 1 aromatic carbocycles. The van der Waals surface area contributed by atoms with E-state index in [1.54, 1.807) is 6.26 Å². The van der Waals surface area contributed by atoms with Gasteiger partial charge in [0.15, 0.2) is 0 Å². The molecule has 25 heavy (non-hydrogen) atoms. The molecule has 0 unspecified atom stereocenters. The number of amides is 1. The fraction of sp³-hybridized carbons (Fsp3) is 0.474. The number of ether oxygens (including phenoxy) is 1. The molecule has 1 amide bonds. The van der Waals surface area contributed by atoms with E-state index in [-0.39, 0.29) is 12.0 Å². The van der Waals surface area contributed by atoms with Gasteiger partial charge in [0.2, 0.25) is 5.89 Å². The van der Waals surface area contributed by atoms with E-state index in [9.17, 15) is 4.79 Å². The molecule has 2 aliphatic heterocycles. The van der Waals surface area contributed by atoms with E-state index in [1.807, 2.05) is 35.2 Å². The zero-order chi connectivity index (χ0) is 17.1. The maximum atomic E-state index is 12.4. The van der Waals surface area contributed by atoms with Crippen LogP contribution in [0, 0.1) is 0 Å². The van der Waals surface area contributed by atoms with Gasteiger partial charge in [-0.3, -0.25) is 9.69 Å². The second kappa shape index (κ2) is 7.37. The van der Waals surface area contributed by atoms with Gasteiger partial charge in [-0.25, -0.2) is 4.98 Å². The van der Waals surface area contributed by atoms with Crippen molar-refractivity contribution in [2.45, 2.75) is 25.5 Å². The Bertz CT molecular complexity index is 702. The lowest BCUT2D eigenvalue weighted by atomic mass is 10.2. The van der Waals surface area contributed by atoms with Crippen LogP contribution in [0.5, 0.6) is 0 Å². The number of hydrogen-bond acceptors (Lipinski definition) is 5. The highest BCUT2D eigenvalue weighted by atomic mass is 16.5. The maximum Gasteiger partial charge on any atom is 0.251 e. The summed E-state index contributed by atoms with van der Waals surface area (Å²) in [6.07, 6.45) is 3.37. The van der Waals surface area contributed by atoms with Crippen molar-refractivity contribution in [3.05, 3.63) is 42.3 Å². The van der Waals surface area contributed by atoms with Gasteiger partial charge >= 0.3 is 0 Å². The van der Waals surface area contributed by atoms with Gasteiger partial charge in [-0.2, -0.15) is 0 Å². The average Bonchev–Trinajstić information content (AvgIpc) is 3.35. The minimum Gasteiger partial charge on any atom is -0.444 e. The van der Waals surface area contributed by atoms with Crippen LogP contribution in [0.25, 0.3) is 11.5 Å². The molecule has 2 aromatic rings. The van der Waals surface area contributed by atoms with Crippen LogP contribution in [-0.2, 0) is 16.1 Å². The fourth-order valence-electron chi connectivity index (χ4n) is 3.42. The quantitative estimate of drug-likeness (QED) is 0.853. The van der Waals surface area contributed by atoms with E-state index >= 15 is 0 Å². The standard InChI is InChI=1S/C19H23N3O3/c23-19(17-7-4-12-24-17)22-10-8-21(9-11-22)13-16-14-25-18(20-16)15-5-2-1-3-6-15/h1-3,5-6,14,17H,4,7-13H2/t17-/m1/s1. The third-order valence-corrected chi connectivity index (χ3v) is 4.85. The Kier molecular flexibility index (Phi) is 4.81. The summed E-state index contributed by atoms with van der Waals surface area (Å²) in [7, 11) is 0. The molecule has 6 nitrogen and oxygen atoms in total. The lowest BCUT2D eigenvalue weighted by Gasteiger charge is -2.35. The Balaban J connectivity index is 1.30. The van der Waals surface area contributed by atoms with Gasteiger partial charge in [0.05, 0.1) is 5.69 Å². The molecular weight excluding hydrogens is 318 g/mol. The SMILES string of the molecule is O=C([C@H]1CCCO1)N1CCN(Cc2coc(-c3ccccc3)n2)CC1. The number of nitrogens with zero attached hydrogens (tertiary/aromatic N) is 3. The summed E-state index contributed by atoms with van der Waals surface area (Å²) in [5.41, 5.74) is 1.92. The Morgan fingerprint density at radius 2 is 1.96 bits per heavy atom. The molecule has 0 radical (unpaired) electrons. The Hall–Kier alpha value is -2.18. The second-order valence-corrected chi connectivity index (χ2v) is 6.61. The van der Waals surface area contributed by atoms with Crippen molar-refractivity contribution >= 4 is 5.91 Å². The smallest absolute Gasteiger partial charge is 0.251 e. The number of hydrogen-bond donors (Lipinski definition) is 0. The van der Waals surface area contributed by atoms with Crippen LogP contribution in [0.4, 0.5) is 0 Å². The fourth-order valence-corrected chi connectivity index (χ4v) is 3.42. The number of aromatic nitrogens is 1. The van der Waals surface area contributed by atoms with Crippen molar-refractivity contribution in [3.8, 4) is 11.5 Å². The van der Waals surface area contributed by atoms with Gasteiger partial charge in [0.1, 0.15) is 12.4 Å². The lowest BCUT2D eigenvalue weighted by Crippen LogP contribution is -2.51. The number of carbonyl (C=O) groups is 1. The number of benzene rings is 1. The zero-order valence-electron chi connectivity index (χ0n) is 14.3. The van der Waals surface area contributed by atoms with Crippen LogP contribution in [0.3, 0.4) is 0 Å². The number of piperazine rings is 1. The highest BCUT2D eigenvalue weighted by Crippen LogP contribution is 2.20. The molecule has 0 aliphatic carbocycles. The van der Waals surface area contributed by atoms with Gasteiger partial charge in [-0.1, -0.05) is 18.2 Å². The Morgan fingerprint density at radius 1 is 1.16 bits per heavy atom. The topological polar surface area (TPSA) is 58.8 Å². The Labute approximate surface area is 147 Å². The van der Waals surface area contributed by atoms with E-state index in [0.717, 1.165) is 56.8 Å². The summed E-state index contributed by atoms with van der Waals surface area (Å²) in [4.78, 5) is 21.2. The molecule has 3 heterocycles. The second-order valence-electron chi connectivity index (χ2n) is 6.61. The van der Waals surface area contributed by atoms with Gasteiger partial charge in [0.25, 0.3) is 5.91 Å². The molecular formula is C19H23N3O3. The minimum absolute atomic E-state index is 0.157. The monoisotopic (exact) mass is 341 g/mol. The predicted octanol–water partition coefficient (Wildman–Crippen LogP) is 2.16. The molecule has 2 aliphatic rings. The average molecular weight is 341 g/mol.